The lowest BCUT2D eigenvalue weighted by Crippen LogP contribution is -2.33. The molecule has 0 aromatic heterocycles. The lowest BCUT2D eigenvalue weighted by Gasteiger charge is -2.38. The molecule has 2 aliphatic heterocycles. The number of benzene rings is 2. The van der Waals surface area contributed by atoms with E-state index in [1.54, 1.807) is 22.5 Å². The van der Waals surface area contributed by atoms with E-state index in [4.69, 9.17) is 0 Å². The second-order valence-corrected chi connectivity index (χ2v) is 11.0. The highest BCUT2D eigenvalue weighted by Gasteiger charge is 2.40. The van der Waals surface area contributed by atoms with Gasteiger partial charge in [-0.2, -0.15) is 4.31 Å². The van der Waals surface area contributed by atoms with Gasteiger partial charge in [-0.05, 0) is 55.0 Å². The molecule has 1 saturated heterocycles. The minimum Gasteiger partial charge on any atom is -0.508 e. The van der Waals surface area contributed by atoms with E-state index in [1.165, 1.54) is 18.2 Å². The summed E-state index contributed by atoms with van der Waals surface area (Å²) >= 11 is 0. The second kappa shape index (κ2) is 8.46. The molecule has 8 nitrogen and oxygen atoms in total. The maximum Gasteiger partial charge on any atom is 0.270 e. The van der Waals surface area contributed by atoms with Crippen LogP contribution in [0.15, 0.2) is 53.4 Å². The molecule has 3 atom stereocenters. The number of fused-ring (bicyclic) bond motifs is 3. The predicted molar refractivity (Wildman–Crippen MR) is 125 cm³/mol. The molecule has 3 unspecified atom stereocenters. The Balaban J connectivity index is 1.52. The van der Waals surface area contributed by atoms with Gasteiger partial charge in [0.15, 0.2) is 0 Å². The number of anilines is 1. The Labute approximate surface area is 193 Å². The van der Waals surface area contributed by atoms with E-state index in [9.17, 15) is 23.6 Å². The van der Waals surface area contributed by atoms with Crippen molar-refractivity contribution in [3.05, 3.63) is 69.8 Å². The largest absolute Gasteiger partial charge is 0.508 e. The van der Waals surface area contributed by atoms with Crippen molar-refractivity contribution < 1.29 is 18.4 Å². The van der Waals surface area contributed by atoms with E-state index < -0.39 is 14.9 Å². The average molecular weight is 470 g/mol. The van der Waals surface area contributed by atoms with Gasteiger partial charge >= 0.3 is 0 Å². The molecule has 3 aliphatic rings. The molecular formula is C24H27N3O5S. The van der Waals surface area contributed by atoms with Gasteiger partial charge in [0, 0.05) is 42.4 Å². The molecule has 2 aromatic carbocycles. The van der Waals surface area contributed by atoms with Crippen LogP contribution in [0.1, 0.15) is 55.2 Å². The van der Waals surface area contributed by atoms with Crippen LogP contribution in [0.2, 0.25) is 0 Å². The van der Waals surface area contributed by atoms with Crippen LogP contribution in [-0.4, -0.2) is 35.8 Å². The van der Waals surface area contributed by atoms with Gasteiger partial charge in [0.1, 0.15) is 5.75 Å². The number of hydrogen-bond donors (Lipinski definition) is 2. The van der Waals surface area contributed by atoms with Crippen molar-refractivity contribution in [2.75, 3.05) is 18.4 Å². The first kappa shape index (κ1) is 21.9. The first-order valence-electron chi connectivity index (χ1n) is 11.4. The number of nitro groups is 1. The van der Waals surface area contributed by atoms with Gasteiger partial charge in [-0.25, -0.2) is 8.42 Å². The van der Waals surface area contributed by atoms with Gasteiger partial charge in [0.2, 0.25) is 10.0 Å². The number of nitrogens with zero attached hydrogens (tertiary/aromatic N) is 2. The summed E-state index contributed by atoms with van der Waals surface area (Å²) in [5.74, 6) is -0.0155. The van der Waals surface area contributed by atoms with E-state index >= 15 is 0 Å². The summed E-state index contributed by atoms with van der Waals surface area (Å²) in [6, 6.07) is 8.94. The topological polar surface area (TPSA) is 113 Å². The van der Waals surface area contributed by atoms with Crippen molar-refractivity contribution in [2.24, 2.45) is 5.92 Å². The summed E-state index contributed by atoms with van der Waals surface area (Å²) in [6.45, 7) is 1.11. The van der Waals surface area contributed by atoms with Gasteiger partial charge < -0.3 is 10.4 Å². The zero-order valence-electron chi connectivity index (χ0n) is 18.2. The summed E-state index contributed by atoms with van der Waals surface area (Å²) in [5.41, 5.74) is 2.10. The summed E-state index contributed by atoms with van der Waals surface area (Å²) in [7, 11) is -3.57. The molecule has 2 N–H and O–H groups in total. The van der Waals surface area contributed by atoms with E-state index in [-0.39, 0.29) is 29.3 Å². The summed E-state index contributed by atoms with van der Waals surface area (Å²) in [6.07, 6.45) is 8.74. The molecule has 0 saturated carbocycles. The van der Waals surface area contributed by atoms with Crippen LogP contribution in [0.4, 0.5) is 11.4 Å². The molecule has 174 valence electrons. The Kier molecular flexibility index (Phi) is 5.62. The Morgan fingerprint density at radius 3 is 2.52 bits per heavy atom. The first-order chi connectivity index (χ1) is 15.9. The number of nitrogens with one attached hydrogen (secondary N) is 1. The van der Waals surface area contributed by atoms with Gasteiger partial charge in [-0.15, -0.1) is 0 Å². The van der Waals surface area contributed by atoms with Crippen LogP contribution in [0.3, 0.4) is 0 Å². The Morgan fingerprint density at radius 2 is 1.79 bits per heavy atom. The van der Waals surface area contributed by atoms with Gasteiger partial charge in [-0.1, -0.05) is 25.0 Å². The third-order valence-electron chi connectivity index (χ3n) is 7.09. The third-order valence-corrected chi connectivity index (χ3v) is 8.99. The highest BCUT2D eigenvalue weighted by atomic mass is 32.2. The zero-order chi connectivity index (χ0) is 23.2. The fourth-order valence-electron chi connectivity index (χ4n) is 5.38. The number of sulfonamides is 1. The van der Waals surface area contributed by atoms with Crippen LogP contribution in [0, 0.1) is 16.0 Å². The number of allylic oxidation sites excluding steroid dienone is 2. The SMILES string of the molecule is O=[N+]([O-])c1ccc(O)c(C2Nc3ccc(S(=O)(=O)N4CCCCCC4)cc3C3C=CCC32)c1. The molecule has 1 aliphatic carbocycles. The fourth-order valence-corrected chi connectivity index (χ4v) is 6.93. The molecule has 0 spiro atoms. The second-order valence-electron chi connectivity index (χ2n) is 9.04. The number of non-ortho nitro benzene ring substituents is 1. The van der Waals surface area contributed by atoms with Gasteiger partial charge in [0.05, 0.1) is 15.9 Å². The number of hydrogen-bond acceptors (Lipinski definition) is 6. The van der Waals surface area contributed by atoms with Crippen LogP contribution in [0.5, 0.6) is 5.75 Å². The van der Waals surface area contributed by atoms with Crippen LogP contribution in [-0.2, 0) is 10.0 Å². The number of phenols is 1. The summed E-state index contributed by atoms with van der Waals surface area (Å²) in [5, 5.41) is 25.2. The van der Waals surface area contributed by atoms with Crippen molar-refractivity contribution in [3.8, 4) is 5.75 Å². The molecule has 0 bridgehead atoms. The normalized spacial score (nSPS) is 25.0. The Bertz CT molecular complexity index is 1220. The predicted octanol–water partition coefficient (Wildman–Crippen LogP) is 4.69. The number of rotatable bonds is 4. The van der Waals surface area contributed by atoms with Crippen molar-refractivity contribution >= 4 is 21.4 Å². The maximum absolute atomic E-state index is 13.3. The number of aromatic hydroxyl groups is 1. The van der Waals surface area contributed by atoms with E-state index in [1.807, 2.05) is 0 Å². The lowest BCUT2D eigenvalue weighted by atomic mass is 9.77. The van der Waals surface area contributed by atoms with Gasteiger partial charge in [-0.3, -0.25) is 10.1 Å². The third kappa shape index (κ3) is 3.89. The monoisotopic (exact) mass is 469 g/mol. The van der Waals surface area contributed by atoms with Crippen molar-refractivity contribution in [1.82, 2.24) is 4.31 Å². The molecule has 33 heavy (non-hydrogen) atoms. The Morgan fingerprint density at radius 1 is 1.03 bits per heavy atom. The molecule has 1 fully saturated rings. The van der Waals surface area contributed by atoms with Crippen LogP contribution < -0.4 is 5.32 Å². The Hall–Kier alpha value is -2.91. The van der Waals surface area contributed by atoms with Crippen molar-refractivity contribution in [2.45, 2.75) is 49.0 Å². The van der Waals surface area contributed by atoms with Crippen molar-refractivity contribution in [3.63, 3.8) is 0 Å². The fraction of sp³-hybridized carbons (Fsp3) is 0.417. The highest BCUT2D eigenvalue weighted by molar-refractivity contribution is 7.89. The standard InChI is InChI=1S/C24H27N3O5S/c28-23-11-8-16(27(29)30)14-21(23)24-19-7-5-6-18(19)20-15-17(9-10-22(20)25-24)33(31,32)26-12-3-1-2-4-13-26/h5-6,8-11,14-15,18-19,24-25,28H,1-4,7,12-13H2. The quantitative estimate of drug-likeness (QED) is 0.382. The van der Waals surface area contributed by atoms with Crippen molar-refractivity contribution in [1.29, 1.82) is 0 Å². The minimum atomic E-state index is -3.57. The zero-order valence-corrected chi connectivity index (χ0v) is 19.0. The molecule has 0 radical (unpaired) electrons. The minimum absolute atomic E-state index is 0.00700. The van der Waals surface area contributed by atoms with E-state index in [0.717, 1.165) is 43.4 Å². The summed E-state index contributed by atoms with van der Waals surface area (Å²) in [4.78, 5) is 11.1. The summed E-state index contributed by atoms with van der Waals surface area (Å²) < 4.78 is 28.3. The number of phenolic OH excluding ortho intramolecular Hbond substituents is 1. The molecule has 2 aromatic rings. The molecule has 2 heterocycles. The van der Waals surface area contributed by atoms with Crippen LogP contribution >= 0.6 is 0 Å². The smallest absolute Gasteiger partial charge is 0.270 e. The van der Waals surface area contributed by atoms with E-state index in [2.05, 4.69) is 17.5 Å². The molecule has 0 amide bonds. The molecule has 5 rings (SSSR count). The van der Waals surface area contributed by atoms with E-state index in [0.29, 0.717) is 23.5 Å². The number of nitro benzene ring substituents is 1. The maximum atomic E-state index is 13.3. The van der Waals surface area contributed by atoms with Crippen LogP contribution in [0.25, 0.3) is 0 Å². The van der Waals surface area contributed by atoms with Gasteiger partial charge in [0.25, 0.3) is 5.69 Å². The average Bonchev–Trinajstić information content (AvgIpc) is 3.13. The lowest BCUT2D eigenvalue weighted by molar-refractivity contribution is -0.385. The molecular weight excluding hydrogens is 442 g/mol. The molecule has 9 heteroatoms. The first-order valence-corrected chi connectivity index (χ1v) is 12.8. The highest BCUT2D eigenvalue weighted by Crippen LogP contribution is 2.51.